The highest BCUT2D eigenvalue weighted by atomic mass is 32.2. The molecule has 0 atom stereocenters. The van der Waals surface area contributed by atoms with Crippen LogP contribution in [0.2, 0.25) is 0 Å². The number of carbonyl (C=O) groups is 1. The fourth-order valence-corrected chi connectivity index (χ4v) is 4.76. The van der Waals surface area contributed by atoms with Gasteiger partial charge >= 0.3 is 0 Å². The molecule has 3 aromatic rings. The first kappa shape index (κ1) is 24.1. The number of aryl methyl sites for hydroxylation is 1. The molecule has 1 N–H and O–H groups in total. The maximum Gasteiger partial charge on any atom is 0.264 e. The quantitative estimate of drug-likeness (QED) is 0.459. The van der Waals surface area contributed by atoms with Crippen molar-refractivity contribution < 1.29 is 22.7 Å². The molecular formula is C25H28N2O5S. The molecule has 0 aliphatic carbocycles. The predicted octanol–water partition coefficient (Wildman–Crippen LogP) is 3.70. The smallest absolute Gasteiger partial charge is 0.264 e. The van der Waals surface area contributed by atoms with E-state index in [0.29, 0.717) is 17.2 Å². The Balaban J connectivity index is 1.72. The third-order valence-corrected chi connectivity index (χ3v) is 6.97. The molecule has 0 heterocycles. The van der Waals surface area contributed by atoms with E-state index in [0.717, 1.165) is 15.4 Å². The summed E-state index contributed by atoms with van der Waals surface area (Å²) < 4.78 is 38.8. The summed E-state index contributed by atoms with van der Waals surface area (Å²) in [5, 5.41) is 2.74. The minimum Gasteiger partial charge on any atom is -0.497 e. The Morgan fingerprint density at radius 2 is 1.64 bits per heavy atom. The summed E-state index contributed by atoms with van der Waals surface area (Å²) in [6.07, 6.45) is 0. The van der Waals surface area contributed by atoms with Gasteiger partial charge in [0, 0.05) is 6.07 Å². The Morgan fingerprint density at radius 3 is 2.36 bits per heavy atom. The van der Waals surface area contributed by atoms with Crippen LogP contribution in [0, 0.1) is 13.8 Å². The normalized spacial score (nSPS) is 11.0. The van der Waals surface area contributed by atoms with Crippen LogP contribution in [-0.2, 0) is 14.8 Å². The van der Waals surface area contributed by atoms with Crippen LogP contribution < -0.4 is 19.1 Å². The third-order valence-electron chi connectivity index (χ3n) is 5.20. The van der Waals surface area contributed by atoms with Crippen molar-refractivity contribution in [2.45, 2.75) is 18.7 Å². The number of hydrogen-bond donors (Lipinski definition) is 1. The molecule has 3 aromatic carbocycles. The second-order valence-electron chi connectivity index (χ2n) is 7.42. The van der Waals surface area contributed by atoms with Crippen molar-refractivity contribution in [3.63, 3.8) is 0 Å². The van der Waals surface area contributed by atoms with Gasteiger partial charge in [0.15, 0.2) is 0 Å². The predicted molar refractivity (Wildman–Crippen MR) is 128 cm³/mol. The Labute approximate surface area is 195 Å². The zero-order chi connectivity index (χ0) is 23.8. The molecule has 0 radical (unpaired) electrons. The number of rotatable bonds is 10. The molecule has 0 saturated carbocycles. The summed E-state index contributed by atoms with van der Waals surface area (Å²) in [6, 6.07) is 20.7. The van der Waals surface area contributed by atoms with Gasteiger partial charge in [-0.3, -0.25) is 9.10 Å². The maximum absolute atomic E-state index is 13.4. The zero-order valence-electron chi connectivity index (χ0n) is 18.9. The van der Waals surface area contributed by atoms with Gasteiger partial charge < -0.3 is 14.8 Å². The number of hydrogen-bond acceptors (Lipinski definition) is 5. The summed E-state index contributed by atoms with van der Waals surface area (Å²) in [4.78, 5) is 12.8. The zero-order valence-corrected chi connectivity index (χ0v) is 19.8. The van der Waals surface area contributed by atoms with Crippen LogP contribution in [0.15, 0.2) is 77.7 Å². The molecule has 0 spiro atoms. The molecule has 7 nitrogen and oxygen atoms in total. The topological polar surface area (TPSA) is 84.9 Å². The van der Waals surface area contributed by atoms with Gasteiger partial charge in [0.2, 0.25) is 5.91 Å². The van der Waals surface area contributed by atoms with Crippen molar-refractivity contribution in [3.8, 4) is 11.5 Å². The van der Waals surface area contributed by atoms with Crippen LogP contribution in [0.3, 0.4) is 0 Å². The van der Waals surface area contributed by atoms with Gasteiger partial charge in [0.25, 0.3) is 10.0 Å². The highest BCUT2D eigenvalue weighted by Crippen LogP contribution is 2.28. The molecule has 0 fully saturated rings. The van der Waals surface area contributed by atoms with Gasteiger partial charge in [-0.15, -0.1) is 0 Å². The average Bonchev–Trinajstić information content (AvgIpc) is 2.83. The molecule has 0 aromatic heterocycles. The van der Waals surface area contributed by atoms with Gasteiger partial charge in [-0.2, -0.15) is 0 Å². The Morgan fingerprint density at radius 1 is 0.939 bits per heavy atom. The van der Waals surface area contributed by atoms with Crippen LogP contribution in [0.4, 0.5) is 5.69 Å². The lowest BCUT2D eigenvalue weighted by Crippen LogP contribution is -2.42. The molecule has 0 aliphatic heterocycles. The lowest BCUT2D eigenvalue weighted by atomic mass is 10.1. The second-order valence-corrected chi connectivity index (χ2v) is 9.28. The van der Waals surface area contributed by atoms with Crippen molar-refractivity contribution >= 4 is 21.6 Å². The van der Waals surface area contributed by atoms with E-state index in [2.05, 4.69) is 5.32 Å². The molecule has 1 amide bonds. The van der Waals surface area contributed by atoms with E-state index >= 15 is 0 Å². The first-order valence-electron chi connectivity index (χ1n) is 10.5. The van der Waals surface area contributed by atoms with E-state index in [9.17, 15) is 13.2 Å². The highest BCUT2D eigenvalue weighted by Gasteiger charge is 2.28. The number of nitrogens with zero attached hydrogens (tertiary/aromatic N) is 1. The number of sulfonamides is 1. The summed E-state index contributed by atoms with van der Waals surface area (Å²) in [7, 11) is -2.37. The van der Waals surface area contributed by atoms with E-state index in [-0.39, 0.29) is 24.6 Å². The summed E-state index contributed by atoms with van der Waals surface area (Å²) in [5.41, 5.74) is 2.21. The van der Waals surface area contributed by atoms with Gasteiger partial charge in [-0.25, -0.2) is 8.42 Å². The number of amides is 1. The first-order chi connectivity index (χ1) is 15.8. The summed E-state index contributed by atoms with van der Waals surface area (Å²) >= 11 is 0. The van der Waals surface area contributed by atoms with E-state index in [4.69, 9.17) is 9.47 Å². The number of carbonyl (C=O) groups excluding carboxylic acids is 1. The van der Waals surface area contributed by atoms with Crippen LogP contribution in [0.1, 0.15) is 11.1 Å². The van der Waals surface area contributed by atoms with Crippen LogP contribution in [-0.4, -0.2) is 41.1 Å². The molecule has 0 aliphatic rings. The Hall–Kier alpha value is -3.52. The Bertz CT molecular complexity index is 1200. The molecule has 0 saturated heterocycles. The largest absolute Gasteiger partial charge is 0.497 e. The molecule has 0 bridgehead atoms. The molecule has 0 unspecified atom stereocenters. The van der Waals surface area contributed by atoms with Gasteiger partial charge in [-0.1, -0.05) is 36.4 Å². The number of methoxy groups -OCH3 is 1. The average molecular weight is 469 g/mol. The van der Waals surface area contributed by atoms with Crippen molar-refractivity contribution in [2.75, 3.05) is 31.1 Å². The SMILES string of the molecule is COc1cccc(OCCNC(=O)CN(c2cccc(C)c2C)S(=O)(=O)c2ccccc2)c1. The number of benzene rings is 3. The summed E-state index contributed by atoms with van der Waals surface area (Å²) in [6.45, 7) is 3.86. The first-order valence-corrected chi connectivity index (χ1v) is 11.9. The molecule has 3 rings (SSSR count). The van der Waals surface area contributed by atoms with E-state index in [1.165, 1.54) is 12.1 Å². The third kappa shape index (κ3) is 6.04. The standard InChI is InChI=1S/C25H28N2O5S/c1-19-9-7-14-24(20(19)2)27(33(29,30)23-12-5-4-6-13-23)18-25(28)26-15-16-32-22-11-8-10-21(17-22)31-3/h4-14,17H,15-16,18H2,1-3H3,(H,26,28). The van der Waals surface area contributed by atoms with Crippen molar-refractivity contribution in [1.82, 2.24) is 5.32 Å². The minimum atomic E-state index is -3.94. The van der Waals surface area contributed by atoms with Crippen LogP contribution in [0.25, 0.3) is 0 Å². The summed E-state index contributed by atoms with van der Waals surface area (Å²) in [5.74, 6) is 0.865. The lowest BCUT2D eigenvalue weighted by Gasteiger charge is -2.26. The number of ether oxygens (including phenoxy) is 2. The number of anilines is 1. The molecule has 8 heteroatoms. The van der Waals surface area contributed by atoms with E-state index < -0.39 is 15.9 Å². The van der Waals surface area contributed by atoms with Crippen molar-refractivity contribution in [2.24, 2.45) is 0 Å². The minimum absolute atomic E-state index is 0.125. The molecular weight excluding hydrogens is 440 g/mol. The number of nitrogens with one attached hydrogen (secondary N) is 1. The molecule has 33 heavy (non-hydrogen) atoms. The molecule has 174 valence electrons. The van der Waals surface area contributed by atoms with Crippen LogP contribution >= 0.6 is 0 Å². The monoisotopic (exact) mass is 468 g/mol. The second kappa shape index (κ2) is 10.9. The van der Waals surface area contributed by atoms with Gasteiger partial charge in [0.05, 0.1) is 24.2 Å². The van der Waals surface area contributed by atoms with Crippen LogP contribution in [0.5, 0.6) is 11.5 Å². The fourth-order valence-electron chi connectivity index (χ4n) is 3.26. The van der Waals surface area contributed by atoms with Crippen molar-refractivity contribution in [1.29, 1.82) is 0 Å². The van der Waals surface area contributed by atoms with Crippen molar-refractivity contribution in [3.05, 3.63) is 83.9 Å². The van der Waals surface area contributed by atoms with E-state index in [1.54, 1.807) is 49.6 Å². The highest BCUT2D eigenvalue weighted by molar-refractivity contribution is 7.92. The lowest BCUT2D eigenvalue weighted by molar-refractivity contribution is -0.119. The van der Waals surface area contributed by atoms with E-state index in [1.807, 2.05) is 32.0 Å². The Kier molecular flexibility index (Phi) is 7.95. The fraction of sp³-hybridized carbons (Fsp3) is 0.240. The maximum atomic E-state index is 13.4. The van der Waals surface area contributed by atoms with Gasteiger partial charge in [-0.05, 0) is 55.3 Å². The van der Waals surface area contributed by atoms with Gasteiger partial charge in [0.1, 0.15) is 24.7 Å².